The number of allylic oxidation sites excluding steroid dienone is 4. The molecular weight excluding hydrogens is 617 g/mol. The van der Waals surface area contributed by atoms with Crippen molar-refractivity contribution < 1.29 is 0 Å². The summed E-state index contributed by atoms with van der Waals surface area (Å²) in [6.07, 6.45) is 34.0. The molecule has 0 aliphatic carbocycles. The van der Waals surface area contributed by atoms with Crippen molar-refractivity contribution in [2.75, 3.05) is 20.1 Å². The van der Waals surface area contributed by atoms with Crippen LogP contribution in [0.5, 0.6) is 0 Å². The molecular formula is C49H94N2. The molecule has 0 saturated heterocycles. The minimum absolute atomic E-state index is 0.854. The minimum atomic E-state index is 0.854. The van der Waals surface area contributed by atoms with Crippen molar-refractivity contribution in [1.29, 1.82) is 0 Å². The van der Waals surface area contributed by atoms with Gasteiger partial charge in [0.05, 0.1) is 0 Å². The molecule has 0 fully saturated rings. The molecule has 51 heavy (non-hydrogen) atoms. The molecule has 0 aliphatic heterocycles. The topological polar surface area (TPSA) is 15.3 Å². The number of hydrogen-bond donors (Lipinski definition) is 1. The summed E-state index contributed by atoms with van der Waals surface area (Å²) in [5.41, 5.74) is 9.10. The molecule has 0 saturated carbocycles. The normalized spacial score (nSPS) is 15.2. The second-order valence-corrected chi connectivity index (χ2v) is 18.5. The predicted octanol–water partition coefficient (Wildman–Crippen LogP) is 15.9. The summed E-state index contributed by atoms with van der Waals surface area (Å²) in [7, 11) is 2.03. The largest absolute Gasteiger partial charge is 0.258 e. The Balaban J connectivity index is 4.09. The molecule has 0 bridgehead atoms. The lowest BCUT2D eigenvalue weighted by molar-refractivity contribution is 0.243. The first-order valence-electron chi connectivity index (χ1n) is 22.3. The minimum Gasteiger partial charge on any atom is -0.258 e. The third-order valence-electron chi connectivity index (χ3n) is 11.4. The van der Waals surface area contributed by atoms with Crippen molar-refractivity contribution in [3.05, 3.63) is 47.6 Å². The number of nitrogens with zero attached hydrogens (tertiary/aromatic N) is 1. The maximum absolute atomic E-state index is 4.41. The Morgan fingerprint density at radius 3 is 1.06 bits per heavy atom. The first-order chi connectivity index (χ1) is 24.2. The van der Waals surface area contributed by atoms with Crippen molar-refractivity contribution >= 4 is 0 Å². The highest BCUT2D eigenvalue weighted by atomic mass is 15.5. The first-order valence-corrected chi connectivity index (χ1v) is 22.3. The summed E-state index contributed by atoms with van der Waals surface area (Å²) >= 11 is 0. The van der Waals surface area contributed by atoms with E-state index >= 15 is 0 Å². The Labute approximate surface area is 323 Å². The smallest absolute Gasteiger partial charge is 0.0342 e. The number of nitrogens with one attached hydrogen (secondary N) is 1. The lowest BCUT2D eigenvalue weighted by Crippen LogP contribution is -2.37. The van der Waals surface area contributed by atoms with Crippen LogP contribution in [0.15, 0.2) is 47.6 Å². The van der Waals surface area contributed by atoms with Gasteiger partial charge in [-0.05, 0) is 108 Å². The van der Waals surface area contributed by atoms with Gasteiger partial charge in [0.2, 0.25) is 0 Å². The predicted molar refractivity (Wildman–Crippen MR) is 234 cm³/mol. The van der Waals surface area contributed by atoms with E-state index in [1.807, 2.05) is 7.05 Å². The zero-order valence-electron chi connectivity index (χ0n) is 37.0. The molecule has 0 spiro atoms. The van der Waals surface area contributed by atoms with Crippen LogP contribution in [0.2, 0.25) is 0 Å². The summed E-state index contributed by atoms with van der Waals surface area (Å²) < 4.78 is 0. The average Bonchev–Trinajstić information content (AvgIpc) is 3.04. The SMILES string of the molecule is C=C(CC/C=C(\C)CCCC(C)CCCC(C)CCCC(C)C)CN(CC(=C)CC/C=C(\C)CCCC(C)CCCC(C)CCCC(C)C)NC. The highest BCUT2D eigenvalue weighted by molar-refractivity contribution is 5.06. The van der Waals surface area contributed by atoms with E-state index in [4.69, 9.17) is 0 Å². The van der Waals surface area contributed by atoms with Crippen LogP contribution in [0, 0.1) is 35.5 Å². The van der Waals surface area contributed by atoms with Crippen molar-refractivity contribution in [2.24, 2.45) is 35.5 Å². The molecule has 0 aromatic rings. The Bertz CT molecular complexity index is 835. The Morgan fingerprint density at radius 1 is 0.471 bits per heavy atom. The Kier molecular flexibility index (Phi) is 31.6. The highest BCUT2D eigenvalue weighted by Gasteiger charge is 2.10. The van der Waals surface area contributed by atoms with Gasteiger partial charge >= 0.3 is 0 Å². The van der Waals surface area contributed by atoms with Gasteiger partial charge in [0.15, 0.2) is 0 Å². The van der Waals surface area contributed by atoms with Crippen LogP contribution < -0.4 is 5.43 Å². The third kappa shape index (κ3) is 33.2. The van der Waals surface area contributed by atoms with E-state index in [9.17, 15) is 0 Å². The fraction of sp³-hybridized carbons (Fsp3) is 0.837. The lowest BCUT2D eigenvalue weighted by Gasteiger charge is -2.23. The fourth-order valence-electron chi connectivity index (χ4n) is 7.58. The quantitative estimate of drug-likeness (QED) is 0.0520. The van der Waals surface area contributed by atoms with Crippen molar-refractivity contribution in [3.8, 4) is 0 Å². The molecule has 0 heterocycles. The van der Waals surface area contributed by atoms with Crippen molar-refractivity contribution in [3.63, 3.8) is 0 Å². The van der Waals surface area contributed by atoms with Gasteiger partial charge in [0, 0.05) is 13.1 Å². The van der Waals surface area contributed by atoms with Gasteiger partial charge in [-0.1, -0.05) is 193 Å². The van der Waals surface area contributed by atoms with E-state index in [2.05, 4.69) is 105 Å². The zero-order chi connectivity index (χ0) is 38.4. The van der Waals surface area contributed by atoms with Gasteiger partial charge in [0.1, 0.15) is 0 Å². The van der Waals surface area contributed by atoms with E-state index in [1.165, 1.54) is 127 Å². The van der Waals surface area contributed by atoms with Gasteiger partial charge in [-0.25, -0.2) is 5.01 Å². The van der Waals surface area contributed by atoms with E-state index in [0.717, 1.165) is 74.3 Å². The standard InChI is InChI=1S/C49H94N2/c1-40(2)22-14-24-42(5)26-16-28-44(7)30-18-32-46(9)34-20-36-48(11)38-51(50-13)39-49(12)37-21-35-47(10)33-19-31-45(8)29-17-27-43(6)25-15-23-41(3)4/h34-35,40-45,50H,11-12,14-33,36-39H2,1-10,13H3/b46-34+,47-35+. The van der Waals surface area contributed by atoms with E-state index in [-0.39, 0.29) is 0 Å². The number of rotatable bonds is 35. The van der Waals surface area contributed by atoms with Crippen LogP contribution in [0.1, 0.15) is 210 Å². The highest BCUT2D eigenvalue weighted by Crippen LogP contribution is 2.24. The molecule has 4 unspecified atom stereocenters. The monoisotopic (exact) mass is 711 g/mol. The Hall–Kier alpha value is -1.12. The molecule has 0 aromatic heterocycles. The molecule has 0 radical (unpaired) electrons. The molecule has 0 aromatic carbocycles. The second kappa shape index (κ2) is 32.3. The van der Waals surface area contributed by atoms with Crippen LogP contribution in [0.3, 0.4) is 0 Å². The summed E-state index contributed by atoms with van der Waals surface area (Å²) in [6.45, 7) is 34.5. The van der Waals surface area contributed by atoms with Gasteiger partial charge in [0.25, 0.3) is 0 Å². The van der Waals surface area contributed by atoms with Crippen molar-refractivity contribution in [1.82, 2.24) is 10.4 Å². The van der Waals surface area contributed by atoms with Crippen LogP contribution in [-0.4, -0.2) is 25.1 Å². The summed E-state index contributed by atoms with van der Waals surface area (Å²) in [6, 6.07) is 0. The molecule has 0 aliphatic rings. The first kappa shape index (κ1) is 49.9. The van der Waals surface area contributed by atoms with Crippen molar-refractivity contribution in [2.45, 2.75) is 210 Å². The molecule has 4 atom stereocenters. The lowest BCUT2D eigenvalue weighted by atomic mass is 9.91. The summed E-state index contributed by atoms with van der Waals surface area (Å²) in [4.78, 5) is 0. The molecule has 300 valence electrons. The second-order valence-electron chi connectivity index (χ2n) is 18.5. The van der Waals surface area contributed by atoms with Crippen LogP contribution in [0.4, 0.5) is 0 Å². The molecule has 0 rings (SSSR count). The molecule has 0 amide bonds. The maximum Gasteiger partial charge on any atom is 0.0342 e. The fourth-order valence-corrected chi connectivity index (χ4v) is 7.58. The molecule has 1 N–H and O–H groups in total. The van der Waals surface area contributed by atoms with Gasteiger partial charge in [-0.3, -0.25) is 5.43 Å². The molecule has 2 heteroatoms. The van der Waals surface area contributed by atoms with E-state index < -0.39 is 0 Å². The van der Waals surface area contributed by atoms with Gasteiger partial charge in [-0.15, -0.1) is 0 Å². The van der Waals surface area contributed by atoms with Crippen LogP contribution in [-0.2, 0) is 0 Å². The Morgan fingerprint density at radius 2 is 0.765 bits per heavy atom. The molecule has 2 nitrogen and oxygen atoms in total. The zero-order valence-corrected chi connectivity index (χ0v) is 37.0. The van der Waals surface area contributed by atoms with Crippen LogP contribution in [0.25, 0.3) is 0 Å². The van der Waals surface area contributed by atoms with Gasteiger partial charge < -0.3 is 0 Å². The summed E-state index contributed by atoms with van der Waals surface area (Å²) in [5.74, 6) is 5.23. The summed E-state index contributed by atoms with van der Waals surface area (Å²) in [5, 5.41) is 2.28. The number of hydrogen-bond acceptors (Lipinski definition) is 2. The van der Waals surface area contributed by atoms with E-state index in [1.54, 1.807) is 11.1 Å². The third-order valence-corrected chi connectivity index (χ3v) is 11.4. The van der Waals surface area contributed by atoms with E-state index in [0.29, 0.717) is 0 Å². The van der Waals surface area contributed by atoms with Crippen LogP contribution >= 0.6 is 0 Å². The average molecular weight is 711 g/mol. The maximum atomic E-state index is 4.41. The number of hydrazine groups is 1. The van der Waals surface area contributed by atoms with Gasteiger partial charge in [-0.2, -0.15) is 0 Å².